The Balaban J connectivity index is 2.68. The highest BCUT2D eigenvalue weighted by atomic mass is 32.2. The van der Waals surface area contributed by atoms with Gasteiger partial charge in [0.05, 0.1) is 12.0 Å². The molecule has 0 aromatic heterocycles. The van der Waals surface area contributed by atoms with Crippen LogP contribution < -0.4 is 5.32 Å². The molecular formula is C15H25N3O4S. The van der Waals surface area contributed by atoms with Crippen LogP contribution in [0.3, 0.4) is 0 Å². The van der Waals surface area contributed by atoms with Crippen LogP contribution in [0.2, 0.25) is 0 Å². The minimum Gasteiger partial charge on any atom is -0.351 e. The second kappa shape index (κ2) is 8.97. The van der Waals surface area contributed by atoms with Crippen LogP contribution >= 0.6 is 0 Å². The van der Waals surface area contributed by atoms with E-state index in [0.717, 1.165) is 24.1 Å². The number of benzene rings is 1. The summed E-state index contributed by atoms with van der Waals surface area (Å²) in [7, 11) is -1.11. The van der Waals surface area contributed by atoms with Crippen molar-refractivity contribution in [3.63, 3.8) is 0 Å². The third-order valence-electron chi connectivity index (χ3n) is 3.62. The van der Waals surface area contributed by atoms with Gasteiger partial charge in [0.25, 0.3) is 15.9 Å². The van der Waals surface area contributed by atoms with Gasteiger partial charge in [-0.05, 0) is 37.4 Å². The molecule has 1 amide bonds. The van der Waals surface area contributed by atoms with E-state index in [1.807, 2.05) is 0 Å². The molecule has 0 unspecified atom stereocenters. The number of amides is 1. The molecule has 7 nitrogen and oxygen atoms in total. The summed E-state index contributed by atoms with van der Waals surface area (Å²) in [4.78, 5) is 19.0. The van der Waals surface area contributed by atoms with Gasteiger partial charge in [-0.3, -0.25) is 9.63 Å². The Kier molecular flexibility index (Phi) is 7.63. The Morgan fingerprint density at radius 1 is 1.17 bits per heavy atom. The molecule has 0 atom stereocenters. The number of likely N-dealkylation sites (N-methyl/N-ethyl adjacent to an activating group) is 1. The van der Waals surface area contributed by atoms with E-state index in [2.05, 4.69) is 24.1 Å². The Morgan fingerprint density at radius 2 is 1.74 bits per heavy atom. The molecule has 0 saturated carbocycles. The summed E-state index contributed by atoms with van der Waals surface area (Å²) in [6.07, 6.45) is 0. The molecular weight excluding hydrogens is 318 g/mol. The minimum atomic E-state index is -3.69. The molecule has 1 rings (SSSR count). The molecule has 0 aliphatic heterocycles. The molecule has 8 heteroatoms. The Bertz CT molecular complexity index is 598. The van der Waals surface area contributed by atoms with Gasteiger partial charge in [-0.1, -0.05) is 18.3 Å². The molecule has 0 aliphatic carbocycles. The first kappa shape index (κ1) is 19.6. The van der Waals surface area contributed by atoms with E-state index in [1.54, 1.807) is 0 Å². The zero-order chi connectivity index (χ0) is 17.5. The number of nitrogens with one attached hydrogen (secondary N) is 1. The summed E-state index contributed by atoms with van der Waals surface area (Å²) >= 11 is 0. The maximum atomic E-state index is 12.1. The summed E-state index contributed by atoms with van der Waals surface area (Å²) < 4.78 is 24.9. The molecule has 0 saturated heterocycles. The number of carbonyl (C=O) groups excluding carboxylic acids is 1. The van der Waals surface area contributed by atoms with Crippen molar-refractivity contribution in [1.29, 1.82) is 0 Å². The predicted octanol–water partition coefficient (Wildman–Crippen LogP) is 0.940. The summed E-state index contributed by atoms with van der Waals surface area (Å²) in [5.41, 5.74) is 0.420. The first-order valence-corrected chi connectivity index (χ1v) is 8.94. The van der Waals surface area contributed by atoms with Crippen LogP contribution in [0.5, 0.6) is 0 Å². The lowest BCUT2D eigenvalue weighted by molar-refractivity contribution is -0.0258. The minimum absolute atomic E-state index is 0.0709. The van der Waals surface area contributed by atoms with E-state index in [0.29, 0.717) is 12.1 Å². The van der Waals surface area contributed by atoms with Gasteiger partial charge in [-0.25, -0.2) is 8.42 Å². The van der Waals surface area contributed by atoms with Crippen LogP contribution in [-0.2, 0) is 14.9 Å². The molecule has 1 aromatic rings. The quantitative estimate of drug-likeness (QED) is 0.675. The van der Waals surface area contributed by atoms with E-state index in [1.165, 1.54) is 38.4 Å². The van der Waals surface area contributed by atoms with Crippen molar-refractivity contribution in [2.75, 3.05) is 40.3 Å². The second-order valence-corrected chi connectivity index (χ2v) is 6.84. The Labute approximate surface area is 138 Å². The first-order valence-electron chi connectivity index (χ1n) is 7.50. The number of rotatable bonds is 9. The summed E-state index contributed by atoms with van der Waals surface area (Å²) in [6, 6.07) is 5.76. The fourth-order valence-corrected chi connectivity index (χ4v) is 2.97. The number of nitrogens with zero attached hydrogens (tertiary/aromatic N) is 2. The zero-order valence-electron chi connectivity index (χ0n) is 14.1. The number of hydrogen-bond donors (Lipinski definition) is 1. The van der Waals surface area contributed by atoms with E-state index in [-0.39, 0.29) is 10.8 Å². The van der Waals surface area contributed by atoms with Crippen LogP contribution in [0, 0.1) is 0 Å². The predicted molar refractivity (Wildman–Crippen MR) is 88.5 cm³/mol. The standard InChI is InChI=1S/C15H25N3O4S/c1-5-18(6-2)12-11-16-15(19)13-7-9-14(10-8-13)23(20,21)17(3)22-4/h7-10H,5-6,11-12H2,1-4H3,(H,16,19). The Morgan fingerprint density at radius 3 is 2.22 bits per heavy atom. The van der Waals surface area contributed by atoms with Gasteiger partial charge in [0.2, 0.25) is 0 Å². The van der Waals surface area contributed by atoms with E-state index in [9.17, 15) is 13.2 Å². The fourth-order valence-electron chi connectivity index (χ4n) is 1.99. The van der Waals surface area contributed by atoms with Gasteiger partial charge >= 0.3 is 0 Å². The molecule has 23 heavy (non-hydrogen) atoms. The molecule has 0 heterocycles. The van der Waals surface area contributed by atoms with Gasteiger partial charge in [0.1, 0.15) is 0 Å². The monoisotopic (exact) mass is 343 g/mol. The zero-order valence-corrected chi connectivity index (χ0v) is 14.9. The molecule has 0 fully saturated rings. The smallest absolute Gasteiger partial charge is 0.264 e. The lowest BCUT2D eigenvalue weighted by Gasteiger charge is -2.18. The highest BCUT2D eigenvalue weighted by Gasteiger charge is 2.20. The highest BCUT2D eigenvalue weighted by molar-refractivity contribution is 7.89. The number of hydroxylamine groups is 1. The fraction of sp³-hybridized carbons (Fsp3) is 0.533. The first-order chi connectivity index (χ1) is 10.9. The summed E-state index contributed by atoms with van der Waals surface area (Å²) in [5.74, 6) is -0.221. The van der Waals surface area contributed by atoms with Crippen LogP contribution in [0.15, 0.2) is 29.2 Å². The third-order valence-corrected chi connectivity index (χ3v) is 5.31. The lowest BCUT2D eigenvalue weighted by atomic mass is 10.2. The topological polar surface area (TPSA) is 79.0 Å². The number of hydrogen-bond acceptors (Lipinski definition) is 5. The van der Waals surface area contributed by atoms with E-state index in [4.69, 9.17) is 4.84 Å². The highest BCUT2D eigenvalue weighted by Crippen LogP contribution is 2.15. The maximum Gasteiger partial charge on any atom is 0.264 e. The SMILES string of the molecule is CCN(CC)CCNC(=O)c1ccc(S(=O)(=O)N(C)OC)cc1. The van der Waals surface area contributed by atoms with Crippen LogP contribution in [0.25, 0.3) is 0 Å². The molecule has 1 N–H and O–H groups in total. The van der Waals surface area contributed by atoms with E-state index >= 15 is 0 Å². The maximum absolute atomic E-state index is 12.1. The molecule has 0 bridgehead atoms. The lowest BCUT2D eigenvalue weighted by Crippen LogP contribution is -2.34. The van der Waals surface area contributed by atoms with Crippen LogP contribution in [-0.4, -0.2) is 64.0 Å². The van der Waals surface area contributed by atoms with Gasteiger partial charge in [0, 0.05) is 25.7 Å². The van der Waals surface area contributed by atoms with Crippen molar-refractivity contribution in [2.45, 2.75) is 18.7 Å². The van der Waals surface area contributed by atoms with Gasteiger partial charge in [0.15, 0.2) is 0 Å². The third kappa shape index (κ3) is 5.28. The average Bonchev–Trinajstić information content (AvgIpc) is 2.57. The molecule has 0 aliphatic rings. The van der Waals surface area contributed by atoms with Crippen molar-refractivity contribution in [3.8, 4) is 0 Å². The van der Waals surface area contributed by atoms with Crippen LogP contribution in [0.1, 0.15) is 24.2 Å². The van der Waals surface area contributed by atoms with Crippen molar-refractivity contribution >= 4 is 15.9 Å². The number of sulfonamides is 1. The molecule has 130 valence electrons. The van der Waals surface area contributed by atoms with Gasteiger partial charge in [-0.15, -0.1) is 0 Å². The van der Waals surface area contributed by atoms with Gasteiger partial charge in [-0.2, -0.15) is 0 Å². The Hall–Kier alpha value is -1.48. The molecule has 0 radical (unpaired) electrons. The van der Waals surface area contributed by atoms with E-state index < -0.39 is 10.0 Å². The normalized spacial score (nSPS) is 11.9. The molecule has 0 spiro atoms. The summed E-state index contributed by atoms with van der Waals surface area (Å²) in [5, 5.41) is 2.83. The second-order valence-electron chi connectivity index (χ2n) is 4.90. The van der Waals surface area contributed by atoms with Crippen LogP contribution in [0.4, 0.5) is 0 Å². The van der Waals surface area contributed by atoms with Crippen molar-refractivity contribution in [2.24, 2.45) is 0 Å². The largest absolute Gasteiger partial charge is 0.351 e. The van der Waals surface area contributed by atoms with Crippen molar-refractivity contribution < 1.29 is 18.0 Å². The summed E-state index contributed by atoms with van der Waals surface area (Å²) in [6.45, 7) is 7.34. The van der Waals surface area contributed by atoms with Crippen molar-refractivity contribution in [1.82, 2.24) is 14.7 Å². The van der Waals surface area contributed by atoms with Crippen molar-refractivity contribution in [3.05, 3.63) is 29.8 Å². The van der Waals surface area contributed by atoms with Gasteiger partial charge < -0.3 is 10.2 Å². The average molecular weight is 343 g/mol. The number of carbonyl (C=O) groups is 1. The molecule has 1 aromatic carbocycles.